The highest BCUT2D eigenvalue weighted by Crippen LogP contribution is 2.13. The molecule has 0 aromatic carbocycles. The number of hydrogen-bond acceptors (Lipinski definition) is 3. The maximum Gasteiger partial charge on any atom is 0.0702 e. The molecule has 1 fully saturated rings. The number of hydrogen-bond donors (Lipinski definition) is 1. The average Bonchev–Trinajstić information content (AvgIpc) is 2.20. The topological polar surface area (TPSA) is 32.7 Å². The van der Waals surface area contributed by atoms with E-state index in [0.29, 0.717) is 6.10 Å². The fourth-order valence-corrected chi connectivity index (χ4v) is 1.99. The summed E-state index contributed by atoms with van der Waals surface area (Å²) in [4.78, 5) is 2.30. The van der Waals surface area contributed by atoms with E-state index in [1.54, 1.807) is 0 Å². The molecule has 0 saturated carbocycles. The molecule has 1 aliphatic heterocycles. The summed E-state index contributed by atoms with van der Waals surface area (Å²) in [5.74, 6) is 0. The smallest absolute Gasteiger partial charge is 0.0702 e. The van der Waals surface area contributed by atoms with Crippen molar-refractivity contribution in [1.82, 2.24) is 4.90 Å². The van der Waals surface area contributed by atoms with Gasteiger partial charge in [0.25, 0.3) is 0 Å². The van der Waals surface area contributed by atoms with E-state index in [1.165, 1.54) is 19.3 Å². The average molecular weight is 201 g/mol. The van der Waals surface area contributed by atoms with Gasteiger partial charge < -0.3 is 9.84 Å². The maximum atomic E-state index is 8.91. The van der Waals surface area contributed by atoms with Gasteiger partial charge in [0.05, 0.1) is 12.7 Å². The first kappa shape index (κ1) is 12.0. The largest absolute Gasteiger partial charge is 0.395 e. The Morgan fingerprint density at radius 1 is 1.36 bits per heavy atom. The lowest BCUT2D eigenvalue weighted by atomic mass is 10.1. The van der Waals surface area contributed by atoms with Crippen molar-refractivity contribution in [3.63, 3.8) is 0 Å². The van der Waals surface area contributed by atoms with Crippen molar-refractivity contribution in [1.29, 1.82) is 0 Å². The molecule has 3 heteroatoms. The third kappa shape index (κ3) is 4.40. The molecule has 0 amide bonds. The first-order valence-electron chi connectivity index (χ1n) is 5.81. The monoisotopic (exact) mass is 201 g/mol. The predicted molar refractivity (Wildman–Crippen MR) is 57.4 cm³/mol. The van der Waals surface area contributed by atoms with Crippen molar-refractivity contribution < 1.29 is 9.84 Å². The second kappa shape index (κ2) is 7.21. The third-order valence-electron chi connectivity index (χ3n) is 2.69. The van der Waals surface area contributed by atoms with Crippen LogP contribution in [-0.4, -0.2) is 49.0 Å². The van der Waals surface area contributed by atoms with Gasteiger partial charge in [0.15, 0.2) is 0 Å². The number of rotatable bonds is 6. The minimum atomic E-state index is 0.257. The van der Waals surface area contributed by atoms with Gasteiger partial charge in [-0.15, -0.1) is 0 Å². The lowest BCUT2D eigenvalue weighted by Crippen LogP contribution is -2.37. The zero-order valence-corrected chi connectivity index (χ0v) is 9.24. The Morgan fingerprint density at radius 3 is 2.79 bits per heavy atom. The Balaban J connectivity index is 2.21. The Hall–Kier alpha value is -0.120. The number of aliphatic hydroxyl groups is 1. The maximum absolute atomic E-state index is 8.91. The summed E-state index contributed by atoms with van der Waals surface area (Å²) < 4.78 is 5.68. The number of nitrogens with zero attached hydrogens (tertiary/aromatic N) is 1. The lowest BCUT2D eigenvalue weighted by molar-refractivity contribution is -0.00787. The van der Waals surface area contributed by atoms with Gasteiger partial charge >= 0.3 is 0 Å². The van der Waals surface area contributed by atoms with Crippen molar-refractivity contribution >= 4 is 0 Å². The highest BCUT2D eigenvalue weighted by atomic mass is 16.5. The Kier molecular flexibility index (Phi) is 6.15. The molecule has 0 bridgehead atoms. The lowest BCUT2D eigenvalue weighted by Gasteiger charge is -2.29. The minimum Gasteiger partial charge on any atom is -0.395 e. The molecule has 3 nitrogen and oxygen atoms in total. The molecule has 1 atom stereocenters. The predicted octanol–water partition coefficient (Wildman–Crippen LogP) is 1.26. The first-order valence-corrected chi connectivity index (χ1v) is 5.81. The second-order valence-corrected chi connectivity index (χ2v) is 4.01. The molecule has 0 spiro atoms. The summed E-state index contributed by atoms with van der Waals surface area (Å²) in [6, 6.07) is 0. The van der Waals surface area contributed by atoms with Crippen LogP contribution >= 0.6 is 0 Å². The van der Waals surface area contributed by atoms with Crippen LogP contribution in [0.4, 0.5) is 0 Å². The van der Waals surface area contributed by atoms with Gasteiger partial charge in [-0.1, -0.05) is 6.92 Å². The van der Waals surface area contributed by atoms with E-state index in [9.17, 15) is 0 Å². The molecular weight excluding hydrogens is 178 g/mol. The van der Waals surface area contributed by atoms with E-state index < -0.39 is 0 Å². The van der Waals surface area contributed by atoms with E-state index in [4.69, 9.17) is 9.84 Å². The standard InChI is InChI=1S/C11H23NO2/c1-2-6-12(7-8-13)10-11-5-3-4-9-14-11/h11,13H,2-10H2,1H3. The first-order chi connectivity index (χ1) is 6.86. The van der Waals surface area contributed by atoms with Crippen molar-refractivity contribution in [3.05, 3.63) is 0 Å². The van der Waals surface area contributed by atoms with Crippen molar-refractivity contribution in [2.75, 3.05) is 32.8 Å². The molecule has 14 heavy (non-hydrogen) atoms. The Bertz CT molecular complexity index is 129. The summed E-state index contributed by atoms with van der Waals surface area (Å²) >= 11 is 0. The van der Waals surface area contributed by atoms with Crippen LogP contribution in [0.2, 0.25) is 0 Å². The molecule has 1 aliphatic rings. The molecule has 1 N–H and O–H groups in total. The zero-order chi connectivity index (χ0) is 10.2. The minimum absolute atomic E-state index is 0.257. The van der Waals surface area contributed by atoms with Crippen LogP contribution in [0.1, 0.15) is 32.6 Å². The normalized spacial score (nSPS) is 22.9. The molecule has 0 radical (unpaired) electrons. The molecule has 0 aromatic heterocycles. The number of aliphatic hydroxyl groups excluding tert-OH is 1. The molecule has 1 rings (SSSR count). The van der Waals surface area contributed by atoms with Crippen molar-refractivity contribution in [2.24, 2.45) is 0 Å². The fourth-order valence-electron chi connectivity index (χ4n) is 1.99. The van der Waals surface area contributed by atoms with Crippen LogP contribution in [-0.2, 0) is 4.74 Å². The van der Waals surface area contributed by atoms with Gasteiger partial charge in [-0.3, -0.25) is 4.90 Å². The molecule has 0 aliphatic carbocycles. The summed E-state index contributed by atoms with van der Waals surface area (Å²) in [5.41, 5.74) is 0. The third-order valence-corrected chi connectivity index (χ3v) is 2.69. The van der Waals surface area contributed by atoms with Gasteiger partial charge in [-0.2, -0.15) is 0 Å². The Morgan fingerprint density at radius 2 is 2.21 bits per heavy atom. The summed E-state index contributed by atoms with van der Waals surface area (Å²) in [6.45, 7) is 6.20. The molecular formula is C11H23NO2. The highest BCUT2D eigenvalue weighted by Gasteiger charge is 2.16. The van der Waals surface area contributed by atoms with Crippen molar-refractivity contribution in [3.8, 4) is 0 Å². The van der Waals surface area contributed by atoms with Gasteiger partial charge in [0.2, 0.25) is 0 Å². The van der Waals surface area contributed by atoms with Crippen molar-refractivity contribution in [2.45, 2.75) is 38.7 Å². The highest BCUT2D eigenvalue weighted by molar-refractivity contribution is 4.69. The van der Waals surface area contributed by atoms with E-state index in [2.05, 4.69) is 11.8 Å². The van der Waals surface area contributed by atoms with Gasteiger partial charge in [0, 0.05) is 19.7 Å². The van der Waals surface area contributed by atoms with Crippen LogP contribution in [0, 0.1) is 0 Å². The van der Waals surface area contributed by atoms with Crippen LogP contribution < -0.4 is 0 Å². The van der Waals surface area contributed by atoms with E-state index in [1.807, 2.05) is 0 Å². The zero-order valence-electron chi connectivity index (χ0n) is 9.24. The molecule has 0 aromatic rings. The van der Waals surface area contributed by atoms with Crippen LogP contribution in [0.3, 0.4) is 0 Å². The van der Waals surface area contributed by atoms with Gasteiger partial charge in [-0.05, 0) is 32.2 Å². The quantitative estimate of drug-likeness (QED) is 0.702. The van der Waals surface area contributed by atoms with E-state index >= 15 is 0 Å². The van der Waals surface area contributed by atoms with Crippen LogP contribution in [0.5, 0.6) is 0 Å². The summed E-state index contributed by atoms with van der Waals surface area (Å²) in [6.07, 6.45) is 5.24. The fraction of sp³-hybridized carbons (Fsp3) is 1.00. The summed E-state index contributed by atoms with van der Waals surface area (Å²) in [5, 5.41) is 8.91. The summed E-state index contributed by atoms with van der Waals surface area (Å²) in [7, 11) is 0. The molecule has 84 valence electrons. The Labute approximate surface area is 87.1 Å². The second-order valence-electron chi connectivity index (χ2n) is 4.01. The molecule has 1 heterocycles. The van der Waals surface area contributed by atoms with E-state index in [0.717, 1.165) is 32.7 Å². The SMILES string of the molecule is CCCN(CCO)CC1CCCCO1. The molecule has 1 saturated heterocycles. The van der Waals surface area contributed by atoms with Gasteiger partial charge in [-0.25, -0.2) is 0 Å². The van der Waals surface area contributed by atoms with E-state index in [-0.39, 0.29) is 6.61 Å². The van der Waals surface area contributed by atoms with Crippen LogP contribution in [0.15, 0.2) is 0 Å². The van der Waals surface area contributed by atoms with Crippen LogP contribution in [0.25, 0.3) is 0 Å². The number of ether oxygens (including phenoxy) is 1. The van der Waals surface area contributed by atoms with Gasteiger partial charge in [0.1, 0.15) is 0 Å². The molecule has 1 unspecified atom stereocenters.